The van der Waals surface area contributed by atoms with Gasteiger partial charge in [0.2, 0.25) is 0 Å². The van der Waals surface area contributed by atoms with Crippen LogP contribution in [0.5, 0.6) is 0 Å². The van der Waals surface area contributed by atoms with E-state index in [1.807, 2.05) is 0 Å². The Hall–Kier alpha value is 0.250. The van der Waals surface area contributed by atoms with Gasteiger partial charge in [0.05, 0.1) is 6.61 Å². The molecule has 0 aromatic carbocycles. The summed E-state index contributed by atoms with van der Waals surface area (Å²) >= 11 is 6.00. The third-order valence-electron chi connectivity index (χ3n) is 1.91. The summed E-state index contributed by atoms with van der Waals surface area (Å²) in [4.78, 5) is 0. The van der Waals surface area contributed by atoms with Gasteiger partial charge in [-0.3, -0.25) is 0 Å². The van der Waals surface area contributed by atoms with Crippen LogP contribution >= 0.6 is 11.6 Å². The van der Waals surface area contributed by atoms with E-state index in [0.717, 1.165) is 26.1 Å². The summed E-state index contributed by atoms with van der Waals surface area (Å²) < 4.78 is 5.26. The second-order valence-corrected chi connectivity index (χ2v) is 3.11. The number of hydrogen-bond donors (Lipinski definition) is 0. The van der Waals surface area contributed by atoms with Gasteiger partial charge in [-0.1, -0.05) is 6.92 Å². The number of halogens is 1. The molecule has 0 amide bonds. The zero-order valence-electron chi connectivity index (χ0n) is 5.77. The number of alkyl halides is 1. The van der Waals surface area contributed by atoms with E-state index in [9.17, 15) is 0 Å². The standard InChI is InChI=1S/C7H13ClO/c1-2-6-5-9-4-3-7(6)8/h6-7H,2-5H2,1H3/t6-,7+/m0/s1. The lowest BCUT2D eigenvalue weighted by molar-refractivity contribution is 0.0563. The molecule has 0 aromatic rings. The van der Waals surface area contributed by atoms with Gasteiger partial charge < -0.3 is 4.74 Å². The Labute approximate surface area is 61.3 Å². The molecule has 1 aliphatic rings. The van der Waals surface area contributed by atoms with Crippen molar-refractivity contribution in [1.82, 2.24) is 0 Å². The largest absolute Gasteiger partial charge is 0.381 e. The van der Waals surface area contributed by atoms with Crippen LogP contribution in [0.2, 0.25) is 0 Å². The first-order chi connectivity index (χ1) is 4.34. The molecular formula is C7H13ClO. The molecule has 54 valence electrons. The van der Waals surface area contributed by atoms with Crippen LogP contribution in [0.4, 0.5) is 0 Å². The Morgan fingerprint density at radius 2 is 2.44 bits per heavy atom. The van der Waals surface area contributed by atoms with Crippen molar-refractivity contribution >= 4 is 11.6 Å². The van der Waals surface area contributed by atoms with Crippen molar-refractivity contribution in [3.8, 4) is 0 Å². The lowest BCUT2D eigenvalue weighted by Crippen LogP contribution is -2.27. The zero-order valence-corrected chi connectivity index (χ0v) is 6.53. The van der Waals surface area contributed by atoms with Crippen LogP contribution in [0.25, 0.3) is 0 Å². The average molecular weight is 149 g/mol. The molecule has 0 aromatic heterocycles. The molecule has 1 saturated heterocycles. The molecule has 1 aliphatic heterocycles. The highest BCUT2D eigenvalue weighted by atomic mass is 35.5. The van der Waals surface area contributed by atoms with E-state index in [1.54, 1.807) is 0 Å². The minimum atomic E-state index is 0.365. The number of rotatable bonds is 1. The molecule has 0 radical (unpaired) electrons. The van der Waals surface area contributed by atoms with Crippen molar-refractivity contribution in [3.05, 3.63) is 0 Å². The van der Waals surface area contributed by atoms with Gasteiger partial charge in [0, 0.05) is 12.0 Å². The molecule has 0 spiro atoms. The number of ether oxygens (including phenoxy) is 1. The third-order valence-corrected chi connectivity index (χ3v) is 2.48. The fraction of sp³-hybridized carbons (Fsp3) is 1.00. The fourth-order valence-corrected chi connectivity index (χ4v) is 1.48. The maximum Gasteiger partial charge on any atom is 0.0508 e. The normalized spacial score (nSPS) is 36.7. The highest BCUT2D eigenvalue weighted by Crippen LogP contribution is 2.22. The summed E-state index contributed by atoms with van der Waals surface area (Å²) in [5.41, 5.74) is 0. The summed E-state index contributed by atoms with van der Waals surface area (Å²) in [5, 5.41) is 0.365. The van der Waals surface area contributed by atoms with E-state index in [0.29, 0.717) is 11.3 Å². The van der Waals surface area contributed by atoms with E-state index in [1.165, 1.54) is 0 Å². The van der Waals surface area contributed by atoms with Gasteiger partial charge >= 0.3 is 0 Å². The van der Waals surface area contributed by atoms with Crippen molar-refractivity contribution in [2.45, 2.75) is 25.1 Å². The molecule has 0 bridgehead atoms. The second kappa shape index (κ2) is 3.43. The Balaban J connectivity index is 2.30. The van der Waals surface area contributed by atoms with E-state index >= 15 is 0 Å². The average Bonchev–Trinajstić information content (AvgIpc) is 1.89. The van der Waals surface area contributed by atoms with Crippen molar-refractivity contribution in [2.75, 3.05) is 13.2 Å². The van der Waals surface area contributed by atoms with Gasteiger partial charge in [-0.2, -0.15) is 0 Å². The quantitative estimate of drug-likeness (QED) is 0.518. The fourth-order valence-electron chi connectivity index (χ4n) is 1.14. The zero-order chi connectivity index (χ0) is 6.69. The van der Waals surface area contributed by atoms with Gasteiger partial charge in [-0.15, -0.1) is 11.6 Å². The summed E-state index contributed by atoms with van der Waals surface area (Å²) in [5.74, 6) is 0.598. The molecule has 2 atom stereocenters. The van der Waals surface area contributed by atoms with Crippen LogP contribution in [-0.4, -0.2) is 18.6 Å². The van der Waals surface area contributed by atoms with Crippen LogP contribution < -0.4 is 0 Å². The lowest BCUT2D eigenvalue weighted by Gasteiger charge is -2.25. The molecule has 0 saturated carbocycles. The van der Waals surface area contributed by atoms with Crippen molar-refractivity contribution < 1.29 is 4.74 Å². The molecule has 1 fully saturated rings. The Morgan fingerprint density at radius 3 is 2.89 bits per heavy atom. The molecule has 1 heterocycles. The van der Waals surface area contributed by atoms with Gasteiger partial charge in [-0.05, 0) is 18.8 Å². The van der Waals surface area contributed by atoms with E-state index < -0.39 is 0 Å². The molecule has 9 heavy (non-hydrogen) atoms. The highest BCUT2D eigenvalue weighted by molar-refractivity contribution is 6.20. The molecule has 0 unspecified atom stereocenters. The Morgan fingerprint density at radius 1 is 1.67 bits per heavy atom. The van der Waals surface area contributed by atoms with Crippen LogP contribution in [-0.2, 0) is 4.74 Å². The van der Waals surface area contributed by atoms with Gasteiger partial charge in [-0.25, -0.2) is 0 Å². The smallest absolute Gasteiger partial charge is 0.0508 e. The van der Waals surface area contributed by atoms with E-state index in [-0.39, 0.29) is 0 Å². The van der Waals surface area contributed by atoms with E-state index in [4.69, 9.17) is 16.3 Å². The molecule has 0 aliphatic carbocycles. The molecular weight excluding hydrogens is 136 g/mol. The summed E-state index contributed by atoms with van der Waals surface area (Å²) in [6.07, 6.45) is 2.17. The van der Waals surface area contributed by atoms with Crippen LogP contribution in [0.1, 0.15) is 19.8 Å². The predicted molar refractivity (Wildman–Crippen MR) is 38.9 cm³/mol. The maximum absolute atomic E-state index is 6.00. The highest BCUT2D eigenvalue weighted by Gasteiger charge is 2.21. The molecule has 1 nitrogen and oxygen atoms in total. The third kappa shape index (κ3) is 1.84. The van der Waals surface area contributed by atoms with Crippen LogP contribution in [0, 0.1) is 5.92 Å². The number of hydrogen-bond acceptors (Lipinski definition) is 1. The topological polar surface area (TPSA) is 9.23 Å². The predicted octanol–water partition coefficient (Wildman–Crippen LogP) is 2.04. The molecule has 0 N–H and O–H groups in total. The first-order valence-corrected chi connectivity index (χ1v) is 4.00. The maximum atomic E-state index is 6.00. The summed E-state index contributed by atoms with van der Waals surface area (Å²) in [6, 6.07) is 0. The minimum absolute atomic E-state index is 0.365. The van der Waals surface area contributed by atoms with E-state index in [2.05, 4.69) is 6.92 Å². The van der Waals surface area contributed by atoms with Crippen LogP contribution in [0.3, 0.4) is 0 Å². The van der Waals surface area contributed by atoms with Crippen molar-refractivity contribution in [3.63, 3.8) is 0 Å². The van der Waals surface area contributed by atoms with Crippen molar-refractivity contribution in [2.24, 2.45) is 5.92 Å². The second-order valence-electron chi connectivity index (χ2n) is 2.55. The SMILES string of the molecule is CC[C@H]1COCC[C@H]1Cl. The first-order valence-electron chi connectivity index (χ1n) is 3.56. The summed E-state index contributed by atoms with van der Waals surface area (Å²) in [6.45, 7) is 3.88. The molecule has 1 rings (SSSR count). The van der Waals surface area contributed by atoms with Gasteiger partial charge in [0.15, 0.2) is 0 Å². The van der Waals surface area contributed by atoms with Crippen LogP contribution in [0.15, 0.2) is 0 Å². The minimum Gasteiger partial charge on any atom is -0.381 e. The van der Waals surface area contributed by atoms with Crippen molar-refractivity contribution in [1.29, 1.82) is 0 Å². The van der Waals surface area contributed by atoms with Gasteiger partial charge in [0.1, 0.15) is 0 Å². The monoisotopic (exact) mass is 148 g/mol. The summed E-state index contributed by atoms with van der Waals surface area (Å²) in [7, 11) is 0. The van der Waals surface area contributed by atoms with Gasteiger partial charge in [0.25, 0.3) is 0 Å². The lowest BCUT2D eigenvalue weighted by atomic mass is 9.99. The first kappa shape index (κ1) is 7.36. The molecule has 2 heteroatoms. The Kier molecular flexibility index (Phi) is 2.80. The Bertz CT molecular complexity index is 85.0.